The van der Waals surface area contributed by atoms with E-state index in [2.05, 4.69) is 494 Å². The molecule has 0 saturated carbocycles. The first-order chi connectivity index (χ1) is 66.1. The van der Waals surface area contributed by atoms with Crippen LogP contribution in [-0.4, -0.2) is 14.1 Å². The van der Waals surface area contributed by atoms with E-state index in [4.69, 9.17) is 8.83 Å². The fourth-order valence-electron chi connectivity index (χ4n) is 21.7. The summed E-state index contributed by atoms with van der Waals surface area (Å²) in [6, 6.07) is 163. The van der Waals surface area contributed by atoms with Gasteiger partial charge in [-0.05, 0) is 217 Å². The summed E-state index contributed by atoms with van der Waals surface area (Å²) < 4.78 is 15.9. The minimum atomic E-state index is -0.195. The van der Waals surface area contributed by atoms with E-state index in [0.717, 1.165) is 145 Å². The number of rotatable bonds is 12. The molecule has 0 N–H and O–H groups in total. The molecule has 0 amide bonds. The standard InChI is InChI=1S/C63H41N3O2.C62H45N3S/c1-64-58-38-41(45-25-14-27-52-49-23-9-11-30-60(49)67-62(45)52)32-35-56(58)66(55-37-34-47(46-21-7-8-22-48(46)55)51-26-15-28-53-50-24-10-12-31-61(50)68-63(51)53)57-36-33-43(39-59(57)64)65(42-18-3-2-4-19-42)54-29-13-17-40-16-5-6-20-44(40)54;1-62(2)53-37-43(48-21-14-22-52-51-20-9-12-26-60(51)66-61(48)52)29-34-49(53)50-35-33-46(39-54(50)62)65-57-24-11-10-23-56(57)63(3)59-38-42(30-36-58(59)65)40-27-31-45(32-28-40)64(44-17-5-4-6-18-44)55-25-13-16-41-15-7-8-19-47(41)55/h2-39H,1H3;4-39H,1-3H3. The van der Waals surface area contributed by atoms with Crippen LogP contribution in [-0.2, 0) is 5.41 Å². The SMILES string of the molecule is CN1c2cc(-c3cccc4c3oc3ccccc34)ccc2N(c2ccc(-c3cccc4c3oc3ccccc34)c3ccccc23)c2ccc(N(c3ccccc3)c3cccc4ccccc34)cc21.CN1c2ccccc2N(c2ccc3c(c2)C(C)(C)c2cc(-c4cccc5c4sc4ccccc45)ccc2-3)c2ccc(-c3ccc(N(c4ccccc4)c4cccc5ccccc45)cc3)cc21. The summed E-state index contributed by atoms with van der Waals surface area (Å²) in [6.45, 7) is 4.80. The van der Waals surface area contributed by atoms with Gasteiger partial charge in [0.05, 0.1) is 62.6 Å². The highest BCUT2D eigenvalue weighted by Crippen LogP contribution is 2.60. The van der Waals surface area contributed by atoms with Crippen molar-refractivity contribution in [3.63, 3.8) is 0 Å². The van der Waals surface area contributed by atoms with Crippen LogP contribution in [0.15, 0.2) is 458 Å². The third-order valence-corrected chi connectivity index (χ3v) is 29.4. The van der Waals surface area contributed by atoms with Gasteiger partial charge in [0.2, 0.25) is 0 Å². The number of benzene rings is 21. The average molecular weight is 1740 g/mol. The minimum Gasteiger partial charge on any atom is -0.455 e. The maximum Gasteiger partial charge on any atom is 0.143 e. The monoisotopic (exact) mass is 1730 g/mol. The zero-order chi connectivity index (χ0) is 89.0. The smallest absolute Gasteiger partial charge is 0.143 e. The normalized spacial score (nSPS) is 12.9. The molecule has 634 valence electrons. The molecular formula is C125H86N6O2S. The van der Waals surface area contributed by atoms with Crippen molar-refractivity contribution in [2.24, 2.45) is 0 Å². The van der Waals surface area contributed by atoms with Crippen molar-refractivity contribution < 1.29 is 8.83 Å². The van der Waals surface area contributed by atoms with Crippen molar-refractivity contribution in [2.45, 2.75) is 19.3 Å². The van der Waals surface area contributed by atoms with E-state index in [0.29, 0.717) is 0 Å². The molecule has 0 atom stereocenters. The molecule has 5 heterocycles. The molecule has 0 bridgehead atoms. The van der Waals surface area contributed by atoms with Crippen LogP contribution < -0.4 is 29.4 Å². The van der Waals surface area contributed by atoms with Crippen molar-refractivity contribution in [3.05, 3.63) is 460 Å². The Morgan fingerprint density at radius 3 is 1.33 bits per heavy atom. The molecular weight excluding hydrogens is 1650 g/mol. The second-order valence-corrected chi connectivity index (χ2v) is 36.9. The molecule has 9 heteroatoms. The predicted molar refractivity (Wildman–Crippen MR) is 567 cm³/mol. The lowest BCUT2D eigenvalue weighted by molar-refractivity contribution is 0.660. The van der Waals surface area contributed by atoms with E-state index in [1.807, 2.05) is 23.5 Å². The summed E-state index contributed by atoms with van der Waals surface area (Å²) in [5, 5.41) is 14.3. The molecule has 1 aliphatic carbocycles. The van der Waals surface area contributed by atoms with Crippen LogP contribution in [0, 0.1) is 0 Å². The van der Waals surface area contributed by atoms with Gasteiger partial charge in [0.25, 0.3) is 0 Å². The van der Waals surface area contributed by atoms with E-state index in [1.54, 1.807) is 0 Å². The van der Waals surface area contributed by atoms with Crippen molar-refractivity contribution in [1.82, 2.24) is 0 Å². The van der Waals surface area contributed by atoms with Gasteiger partial charge in [-0.1, -0.05) is 317 Å². The van der Waals surface area contributed by atoms with E-state index in [-0.39, 0.29) is 5.41 Å². The number of furan rings is 2. The summed E-state index contributed by atoms with van der Waals surface area (Å²) in [5.74, 6) is 0. The molecule has 0 spiro atoms. The van der Waals surface area contributed by atoms with Gasteiger partial charge in [-0.2, -0.15) is 0 Å². The lowest BCUT2D eigenvalue weighted by Crippen LogP contribution is -2.25. The Morgan fingerprint density at radius 1 is 0.239 bits per heavy atom. The van der Waals surface area contributed by atoms with E-state index >= 15 is 0 Å². The Morgan fingerprint density at radius 2 is 0.657 bits per heavy atom. The third-order valence-electron chi connectivity index (χ3n) is 28.1. The van der Waals surface area contributed by atoms with Gasteiger partial charge in [-0.3, -0.25) is 0 Å². The maximum atomic E-state index is 6.62. The zero-order valence-corrected chi connectivity index (χ0v) is 74.9. The van der Waals surface area contributed by atoms with Gasteiger partial charge in [0, 0.05) is 117 Å². The zero-order valence-electron chi connectivity index (χ0n) is 74.1. The lowest BCUT2D eigenvalue weighted by Gasteiger charge is -2.40. The first-order valence-electron chi connectivity index (χ1n) is 46.0. The predicted octanol–water partition coefficient (Wildman–Crippen LogP) is 36.0. The molecule has 24 aromatic rings. The minimum absolute atomic E-state index is 0.195. The number of thiophene rings is 1. The number of fused-ring (bicyclic) bond motifs is 19. The van der Waals surface area contributed by atoms with Crippen LogP contribution in [0.3, 0.4) is 0 Å². The fraction of sp³-hybridized carbons (Fsp3) is 0.0400. The van der Waals surface area contributed by atoms with Crippen LogP contribution in [0.5, 0.6) is 0 Å². The topological polar surface area (TPSA) is 45.7 Å². The lowest BCUT2D eigenvalue weighted by atomic mass is 9.81. The Bertz CT molecular complexity index is 8880. The summed E-state index contributed by atoms with van der Waals surface area (Å²) in [7, 11) is 4.40. The molecule has 2 aliphatic heterocycles. The summed E-state index contributed by atoms with van der Waals surface area (Å²) in [4.78, 5) is 14.4. The van der Waals surface area contributed by atoms with E-state index < -0.39 is 0 Å². The van der Waals surface area contributed by atoms with Crippen molar-refractivity contribution in [2.75, 3.05) is 43.5 Å². The van der Waals surface area contributed by atoms with Gasteiger partial charge < -0.3 is 38.2 Å². The van der Waals surface area contributed by atoms with Crippen LogP contribution in [0.2, 0.25) is 0 Å². The molecule has 8 nitrogen and oxygen atoms in total. The fourth-order valence-corrected chi connectivity index (χ4v) is 22.9. The van der Waals surface area contributed by atoms with Crippen LogP contribution in [0.25, 0.3) is 152 Å². The summed E-state index contributed by atoms with van der Waals surface area (Å²) in [5.41, 5.74) is 35.9. The van der Waals surface area contributed by atoms with Gasteiger partial charge >= 0.3 is 0 Å². The number of nitrogens with zero attached hydrogens (tertiary/aromatic N) is 6. The Hall–Kier alpha value is -17.0. The first kappa shape index (κ1) is 78.1. The molecule has 3 aromatic heterocycles. The van der Waals surface area contributed by atoms with Crippen molar-refractivity contribution in [1.29, 1.82) is 0 Å². The van der Waals surface area contributed by atoms with Gasteiger partial charge in [-0.15, -0.1) is 11.3 Å². The Kier molecular flexibility index (Phi) is 18.1. The first-order valence-corrected chi connectivity index (χ1v) is 46.8. The summed E-state index contributed by atoms with van der Waals surface area (Å²) in [6.07, 6.45) is 0. The van der Waals surface area contributed by atoms with Crippen LogP contribution >= 0.6 is 11.3 Å². The number of para-hydroxylation sites is 8. The quantitative estimate of drug-likeness (QED) is 0.120. The Balaban J connectivity index is 0.000000140. The highest BCUT2D eigenvalue weighted by atomic mass is 32.1. The molecule has 134 heavy (non-hydrogen) atoms. The molecule has 0 fully saturated rings. The van der Waals surface area contributed by atoms with Crippen molar-refractivity contribution >= 4 is 199 Å². The van der Waals surface area contributed by atoms with Gasteiger partial charge in [-0.25, -0.2) is 0 Å². The molecule has 27 rings (SSSR count). The second-order valence-electron chi connectivity index (χ2n) is 35.9. The number of anilines is 16. The second kappa shape index (κ2) is 31.1. The van der Waals surface area contributed by atoms with Gasteiger partial charge in [0.1, 0.15) is 22.3 Å². The molecule has 21 aromatic carbocycles. The number of hydrogen-bond donors (Lipinski definition) is 0. The maximum absolute atomic E-state index is 6.62. The van der Waals surface area contributed by atoms with Gasteiger partial charge in [0.15, 0.2) is 0 Å². The van der Waals surface area contributed by atoms with Crippen molar-refractivity contribution in [3.8, 4) is 55.6 Å². The van der Waals surface area contributed by atoms with E-state index in [1.165, 1.54) is 109 Å². The average Bonchev–Trinajstić information content (AvgIpc) is 1.20. The largest absolute Gasteiger partial charge is 0.455 e. The highest BCUT2D eigenvalue weighted by Gasteiger charge is 2.39. The summed E-state index contributed by atoms with van der Waals surface area (Å²) >= 11 is 1.90. The van der Waals surface area contributed by atoms with Crippen LogP contribution in [0.4, 0.5) is 91.0 Å². The number of hydrogen-bond acceptors (Lipinski definition) is 9. The molecule has 0 unspecified atom stereocenters. The third kappa shape index (κ3) is 12.5. The van der Waals surface area contributed by atoms with E-state index in [9.17, 15) is 0 Å². The molecule has 0 saturated heterocycles. The molecule has 3 aliphatic rings. The highest BCUT2D eigenvalue weighted by molar-refractivity contribution is 7.26. The Labute approximate surface area is 780 Å². The van der Waals surface area contributed by atoms with Crippen LogP contribution in [0.1, 0.15) is 25.0 Å². The molecule has 0 radical (unpaired) electrons.